The number of unbranched alkanes of at least 4 members (excludes halogenated alkanes) is 2. The fourth-order valence-corrected chi connectivity index (χ4v) is 4.48. The zero-order valence-electron chi connectivity index (χ0n) is 20.9. The van der Waals surface area contributed by atoms with E-state index in [1.165, 1.54) is 29.2 Å². The molecule has 1 saturated heterocycles. The van der Waals surface area contributed by atoms with Gasteiger partial charge in [0, 0.05) is 36.6 Å². The van der Waals surface area contributed by atoms with E-state index in [1.807, 2.05) is 0 Å². The summed E-state index contributed by atoms with van der Waals surface area (Å²) in [6, 6.07) is 8.06. The summed E-state index contributed by atoms with van der Waals surface area (Å²) < 4.78 is 0. The summed E-state index contributed by atoms with van der Waals surface area (Å²) in [4.78, 5) is 44.9. The molecular weight excluding hydrogens is 460 g/mol. The predicted molar refractivity (Wildman–Crippen MR) is 137 cm³/mol. The average molecular weight is 495 g/mol. The SMILES string of the molecule is CCCCN(CCCC)CCCN1C(=O)C(=O)C(=C(O)c2cccc([N+](=O)[O-])c2)[C@@H]1c1cccnc1. The van der Waals surface area contributed by atoms with Gasteiger partial charge in [-0.25, -0.2) is 0 Å². The quantitative estimate of drug-likeness (QED) is 0.141. The summed E-state index contributed by atoms with van der Waals surface area (Å²) in [5.74, 6) is -1.92. The molecule has 1 aromatic carbocycles. The number of likely N-dealkylation sites (tertiary alicyclic amines) is 1. The Morgan fingerprint density at radius 2 is 1.78 bits per heavy atom. The Kier molecular flexibility index (Phi) is 9.69. The molecule has 0 saturated carbocycles. The number of pyridine rings is 1. The molecule has 0 aliphatic carbocycles. The summed E-state index contributed by atoms with van der Waals surface area (Å²) in [5.41, 5.74) is 0.409. The summed E-state index contributed by atoms with van der Waals surface area (Å²) in [7, 11) is 0. The smallest absolute Gasteiger partial charge is 0.295 e. The van der Waals surface area contributed by atoms with Crippen LogP contribution < -0.4 is 0 Å². The normalized spacial score (nSPS) is 17.2. The number of ketones is 1. The molecule has 1 aliphatic heterocycles. The van der Waals surface area contributed by atoms with Gasteiger partial charge in [0.05, 0.1) is 16.5 Å². The van der Waals surface area contributed by atoms with Crippen LogP contribution in [0.25, 0.3) is 5.76 Å². The van der Waals surface area contributed by atoms with Crippen LogP contribution in [0.4, 0.5) is 5.69 Å². The van der Waals surface area contributed by atoms with E-state index in [0.717, 1.165) is 45.3 Å². The number of Topliss-reactive ketones (excluding diaryl/α,β-unsaturated/α-hetero) is 1. The van der Waals surface area contributed by atoms with Crippen LogP contribution in [-0.4, -0.2) is 62.7 Å². The zero-order valence-corrected chi connectivity index (χ0v) is 20.9. The molecule has 1 amide bonds. The number of aliphatic hydroxyl groups is 1. The fraction of sp³-hybridized carbons (Fsp3) is 0.444. The molecule has 2 aromatic rings. The number of amides is 1. The molecule has 1 aromatic heterocycles. The van der Waals surface area contributed by atoms with Crippen LogP contribution in [0, 0.1) is 10.1 Å². The number of carbonyl (C=O) groups is 2. The van der Waals surface area contributed by atoms with Crippen LogP contribution in [0.1, 0.15) is 63.1 Å². The topological polar surface area (TPSA) is 117 Å². The maximum absolute atomic E-state index is 13.1. The van der Waals surface area contributed by atoms with Gasteiger partial charge in [-0.2, -0.15) is 0 Å². The second-order valence-corrected chi connectivity index (χ2v) is 8.99. The largest absolute Gasteiger partial charge is 0.507 e. The van der Waals surface area contributed by atoms with E-state index in [4.69, 9.17) is 0 Å². The molecule has 1 N–H and O–H groups in total. The minimum atomic E-state index is -0.822. The molecule has 1 fully saturated rings. The van der Waals surface area contributed by atoms with E-state index in [1.54, 1.807) is 24.5 Å². The zero-order chi connectivity index (χ0) is 26.1. The summed E-state index contributed by atoms with van der Waals surface area (Å²) in [6.07, 6.45) is 8.26. The van der Waals surface area contributed by atoms with E-state index in [9.17, 15) is 24.8 Å². The second-order valence-electron chi connectivity index (χ2n) is 8.99. The molecular formula is C27H34N4O5. The third-order valence-corrected chi connectivity index (χ3v) is 6.40. The first-order valence-corrected chi connectivity index (χ1v) is 12.5. The Balaban J connectivity index is 1.92. The Morgan fingerprint density at radius 1 is 1.08 bits per heavy atom. The number of aliphatic hydroxyl groups excluding tert-OH is 1. The van der Waals surface area contributed by atoms with E-state index < -0.39 is 28.4 Å². The van der Waals surface area contributed by atoms with Gasteiger partial charge in [0.25, 0.3) is 17.4 Å². The molecule has 192 valence electrons. The van der Waals surface area contributed by atoms with E-state index >= 15 is 0 Å². The van der Waals surface area contributed by atoms with Crippen molar-refractivity contribution in [2.24, 2.45) is 0 Å². The lowest BCUT2D eigenvalue weighted by Gasteiger charge is -2.27. The van der Waals surface area contributed by atoms with Crippen molar-refractivity contribution in [3.8, 4) is 0 Å². The van der Waals surface area contributed by atoms with Gasteiger partial charge in [0.15, 0.2) is 0 Å². The lowest BCUT2D eigenvalue weighted by atomic mass is 9.96. The lowest BCUT2D eigenvalue weighted by molar-refractivity contribution is -0.384. The van der Waals surface area contributed by atoms with Crippen molar-refractivity contribution in [3.05, 3.63) is 75.6 Å². The van der Waals surface area contributed by atoms with Gasteiger partial charge in [-0.15, -0.1) is 0 Å². The molecule has 1 aliphatic rings. The minimum absolute atomic E-state index is 0.0812. The third kappa shape index (κ3) is 6.34. The van der Waals surface area contributed by atoms with Crippen molar-refractivity contribution in [3.63, 3.8) is 0 Å². The predicted octanol–water partition coefficient (Wildman–Crippen LogP) is 4.70. The van der Waals surface area contributed by atoms with Gasteiger partial charge < -0.3 is 14.9 Å². The van der Waals surface area contributed by atoms with Crippen molar-refractivity contribution < 1.29 is 19.6 Å². The number of non-ortho nitro benzene ring substituents is 1. The molecule has 3 rings (SSSR count). The van der Waals surface area contributed by atoms with Crippen molar-refractivity contribution in [1.29, 1.82) is 0 Å². The van der Waals surface area contributed by atoms with Crippen molar-refractivity contribution in [2.75, 3.05) is 26.2 Å². The molecule has 0 bridgehead atoms. The molecule has 0 spiro atoms. The fourth-order valence-electron chi connectivity index (χ4n) is 4.48. The van der Waals surface area contributed by atoms with Crippen LogP contribution >= 0.6 is 0 Å². The van der Waals surface area contributed by atoms with Crippen LogP contribution in [0.3, 0.4) is 0 Å². The molecule has 0 radical (unpaired) electrons. The first-order valence-electron chi connectivity index (χ1n) is 12.5. The monoisotopic (exact) mass is 494 g/mol. The van der Waals surface area contributed by atoms with Gasteiger partial charge in [-0.05, 0) is 50.5 Å². The number of nitrogens with zero attached hydrogens (tertiary/aromatic N) is 4. The number of hydrogen-bond donors (Lipinski definition) is 1. The maximum atomic E-state index is 13.1. The molecule has 2 heterocycles. The highest BCUT2D eigenvalue weighted by Crippen LogP contribution is 2.39. The van der Waals surface area contributed by atoms with Crippen LogP contribution in [0.5, 0.6) is 0 Å². The van der Waals surface area contributed by atoms with Crippen LogP contribution in [0.2, 0.25) is 0 Å². The Hall–Kier alpha value is -3.59. The second kappa shape index (κ2) is 12.9. The van der Waals surface area contributed by atoms with E-state index in [-0.39, 0.29) is 16.8 Å². The highest BCUT2D eigenvalue weighted by molar-refractivity contribution is 6.46. The van der Waals surface area contributed by atoms with E-state index in [2.05, 4.69) is 23.7 Å². The number of aromatic nitrogens is 1. The summed E-state index contributed by atoms with van der Waals surface area (Å²) >= 11 is 0. The van der Waals surface area contributed by atoms with Crippen molar-refractivity contribution in [2.45, 2.75) is 52.0 Å². The highest BCUT2D eigenvalue weighted by Gasteiger charge is 2.46. The number of nitro benzene ring substituents is 1. The van der Waals surface area contributed by atoms with Gasteiger partial charge in [0.2, 0.25) is 0 Å². The Labute approximate surface area is 211 Å². The summed E-state index contributed by atoms with van der Waals surface area (Å²) in [6.45, 7) is 7.44. The first kappa shape index (κ1) is 27.0. The molecule has 0 unspecified atom stereocenters. The number of rotatable bonds is 13. The minimum Gasteiger partial charge on any atom is -0.507 e. The van der Waals surface area contributed by atoms with Gasteiger partial charge in [-0.1, -0.05) is 44.9 Å². The van der Waals surface area contributed by atoms with Crippen LogP contribution in [-0.2, 0) is 9.59 Å². The highest BCUT2D eigenvalue weighted by atomic mass is 16.6. The van der Waals surface area contributed by atoms with Gasteiger partial charge in [-0.3, -0.25) is 24.7 Å². The Morgan fingerprint density at radius 3 is 2.39 bits per heavy atom. The average Bonchev–Trinajstić information content (AvgIpc) is 3.15. The summed E-state index contributed by atoms with van der Waals surface area (Å²) in [5, 5.41) is 22.3. The number of nitro groups is 1. The van der Waals surface area contributed by atoms with Gasteiger partial charge >= 0.3 is 0 Å². The molecule has 9 heteroatoms. The number of hydrogen-bond acceptors (Lipinski definition) is 7. The molecule has 36 heavy (non-hydrogen) atoms. The lowest BCUT2D eigenvalue weighted by Crippen LogP contribution is -2.34. The molecule has 9 nitrogen and oxygen atoms in total. The Bertz CT molecular complexity index is 1090. The van der Waals surface area contributed by atoms with Crippen LogP contribution in [0.15, 0.2) is 54.4 Å². The van der Waals surface area contributed by atoms with Crippen molar-refractivity contribution >= 4 is 23.1 Å². The standard InChI is InChI=1S/C27H34N4O5/c1-3-5-14-29(15-6-4-2)16-9-17-30-24(21-11-8-13-28-19-21)23(26(33)27(30)34)25(32)20-10-7-12-22(18-20)31(35)36/h7-8,10-13,18-19,24,32H,3-6,9,14-17H2,1-2H3/t24-/m0/s1. The number of carbonyl (C=O) groups excluding carboxylic acids is 2. The van der Waals surface area contributed by atoms with E-state index in [0.29, 0.717) is 18.5 Å². The van der Waals surface area contributed by atoms with Gasteiger partial charge in [0.1, 0.15) is 5.76 Å². The first-order chi connectivity index (χ1) is 17.4. The van der Waals surface area contributed by atoms with Crippen molar-refractivity contribution in [1.82, 2.24) is 14.8 Å². The number of benzene rings is 1. The third-order valence-electron chi connectivity index (χ3n) is 6.40. The maximum Gasteiger partial charge on any atom is 0.295 e. The molecule has 1 atom stereocenters.